The zero-order chi connectivity index (χ0) is 14.9. The number of anilines is 2. The summed E-state index contributed by atoms with van der Waals surface area (Å²) in [5.41, 5.74) is 2.80. The first-order chi connectivity index (χ1) is 10.1. The lowest BCUT2D eigenvalue weighted by molar-refractivity contribution is -0.0975. The fourth-order valence-electron chi connectivity index (χ4n) is 3.56. The molecule has 3 heteroatoms. The number of ether oxygens (including phenoxy) is 1. The molecule has 2 aliphatic rings. The molecule has 0 amide bonds. The molecule has 2 fully saturated rings. The van der Waals surface area contributed by atoms with Gasteiger partial charge in [0.05, 0.1) is 6.10 Å². The molecule has 1 heterocycles. The van der Waals surface area contributed by atoms with Crippen LogP contribution in [0.1, 0.15) is 40.0 Å². The van der Waals surface area contributed by atoms with Crippen molar-refractivity contribution in [2.45, 2.75) is 52.2 Å². The second-order valence-electron chi connectivity index (χ2n) is 6.94. The quantitative estimate of drug-likeness (QED) is 0.889. The third-order valence-corrected chi connectivity index (χ3v) is 5.22. The van der Waals surface area contributed by atoms with E-state index in [0.717, 1.165) is 13.0 Å². The summed E-state index contributed by atoms with van der Waals surface area (Å²) >= 11 is 0. The zero-order valence-electron chi connectivity index (χ0n) is 13.6. The van der Waals surface area contributed by atoms with Gasteiger partial charge in [0.1, 0.15) is 0 Å². The summed E-state index contributed by atoms with van der Waals surface area (Å²) in [6, 6.07) is 9.44. The molecule has 2 atom stereocenters. The molecule has 0 radical (unpaired) electrons. The van der Waals surface area contributed by atoms with E-state index in [2.05, 4.69) is 55.3 Å². The van der Waals surface area contributed by atoms with Gasteiger partial charge in [0.2, 0.25) is 0 Å². The van der Waals surface area contributed by atoms with E-state index in [-0.39, 0.29) is 5.41 Å². The third-order valence-electron chi connectivity index (χ3n) is 5.22. The summed E-state index contributed by atoms with van der Waals surface area (Å²) in [6.45, 7) is 9.90. The van der Waals surface area contributed by atoms with E-state index in [9.17, 15) is 0 Å². The van der Waals surface area contributed by atoms with Crippen LogP contribution >= 0.6 is 0 Å². The van der Waals surface area contributed by atoms with Gasteiger partial charge in [0, 0.05) is 42.5 Å². The van der Waals surface area contributed by atoms with Crippen molar-refractivity contribution in [3.63, 3.8) is 0 Å². The minimum atomic E-state index is 0.212. The number of nitrogens with one attached hydrogen (secondary N) is 1. The topological polar surface area (TPSA) is 24.5 Å². The van der Waals surface area contributed by atoms with Gasteiger partial charge in [-0.3, -0.25) is 0 Å². The molecule has 3 rings (SSSR count). The average Bonchev–Trinajstić information content (AvgIpc) is 3.01. The first kappa shape index (κ1) is 14.7. The number of nitrogens with zero attached hydrogens (tertiary/aromatic N) is 1. The molecule has 116 valence electrons. The summed E-state index contributed by atoms with van der Waals surface area (Å²) in [4.78, 5) is 2.47. The lowest BCUT2D eigenvalue weighted by atomic mass is 9.64. The predicted octanol–water partition coefficient (Wildman–Crippen LogP) is 3.90. The molecular weight excluding hydrogens is 260 g/mol. The van der Waals surface area contributed by atoms with Gasteiger partial charge in [-0.25, -0.2) is 0 Å². The van der Waals surface area contributed by atoms with Crippen LogP contribution in [0.25, 0.3) is 0 Å². The van der Waals surface area contributed by atoms with Crippen LogP contribution in [0.3, 0.4) is 0 Å². The van der Waals surface area contributed by atoms with Crippen LogP contribution < -0.4 is 10.2 Å². The van der Waals surface area contributed by atoms with E-state index in [0.29, 0.717) is 12.1 Å². The lowest BCUT2D eigenvalue weighted by Gasteiger charge is -2.52. The van der Waals surface area contributed by atoms with Gasteiger partial charge >= 0.3 is 0 Å². The van der Waals surface area contributed by atoms with Crippen LogP contribution in [-0.2, 0) is 4.74 Å². The van der Waals surface area contributed by atoms with Gasteiger partial charge in [-0.05, 0) is 50.5 Å². The minimum Gasteiger partial charge on any atom is -0.382 e. The summed E-state index contributed by atoms with van der Waals surface area (Å²) < 4.78 is 5.80. The highest BCUT2D eigenvalue weighted by molar-refractivity contribution is 5.56. The Kier molecular flexibility index (Phi) is 4.12. The van der Waals surface area contributed by atoms with Crippen LogP contribution in [0.4, 0.5) is 11.4 Å². The molecule has 1 saturated heterocycles. The second-order valence-corrected chi connectivity index (χ2v) is 6.94. The molecule has 0 aromatic heterocycles. The van der Waals surface area contributed by atoms with Crippen molar-refractivity contribution in [3.05, 3.63) is 24.3 Å². The molecule has 1 N–H and O–H groups in total. The highest BCUT2D eigenvalue weighted by Gasteiger charge is 2.48. The van der Waals surface area contributed by atoms with E-state index >= 15 is 0 Å². The van der Waals surface area contributed by atoms with Crippen molar-refractivity contribution in [1.82, 2.24) is 0 Å². The molecule has 1 aliphatic carbocycles. The minimum absolute atomic E-state index is 0.212. The zero-order valence-corrected chi connectivity index (χ0v) is 13.6. The smallest absolute Gasteiger partial charge is 0.0665 e. The SMILES string of the molecule is CCOC1CC(Nc2ccc(N3CCCC3)cc2)C1(C)C. The van der Waals surface area contributed by atoms with Gasteiger partial charge in [-0.1, -0.05) is 13.8 Å². The Balaban J connectivity index is 1.58. The van der Waals surface area contributed by atoms with E-state index in [4.69, 9.17) is 4.74 Å². The van der Waals surface area contributed by atoms with Crippen LogP contribution in [-0.4, -0.2) is 31.8 Å². The van der Waals surface area contributed by atoms with Crippen molar-refractivity contribution < 1.29 is 4.74 Å². The third kappa shape index (κ3) is 2.89. The summed E-state index contributed by atoms with van der Waals surface area (Å²) in [5, 5.41) is 3.68. The normalized spacial score (nSPS) is 27.5. The van der Waals surface area contributed by atoms with Crippen LogP contribution in [0.5, 0.6) is 0 Å². The first-order valence-electron chi connectivity index (χ1n) is 8.34. The Bertz CT molecular complexity index is 463. The maximum Gasteiger partial charge on any atom is 0.0665 e. The van der Waals surface area contributed by atoms with Crippen LogP contribution in [0.2, 0.25) is 0 Å². The Morgan fingerprint density at radius 2 is 1.86 bits per heavy atom. The number of hydrogen-bond donors (Lipinski definition) is 1. The van der Waals surface area contributed by atoms with E-state index in [1.807, 2.05) is 0 Å². The van der Waals surface area contributed by atoms with Crippen molar-refractivity contribution in [2.75, 3.05) is 29.9 Å². The monoisotopic (exact) mass is 288 g/mol. The standard InChI is InChI=1S/C18H28N2O/c1-4-21-17-13-16(18(17,2)3)19-14-7-9-15(10-8-14)20-11-5-6-12-20/h7-10,16-17,19H,4-6,11-13H2,1-3H3. The van der Waals surface area contributed by atoms with Crippen molar-refractivity contribution in [3.8, 4) is 0 Å². The fourth-order valence-corrected chi connectivity index (χ4v) is 3.56. The summed E-state index contributed by atoms with van der Waals surface area (Å²) in [6.07, 6.45) is 4.16. The van der Waals surface area contributed by atoms with E-state index in [1.54, 1.807) is 0 Å². The largest absolute Gasteiger partial charge is 0.382 e. The van der Waals surface area contributed by atoms with Gasteiger partial charge in [-0.15, -0.1) is 0 Å². The summed E-state index contributed by atoms with van der Waals surface area (Å²) in [7, 11) is 0. The molecule has 1 aliphatic heterocycles. The van der Waals surface area contributed by atoms with Crippen LogP contribution in [0, 0.1) is 5.41 Å². The molecule has 1 aromatic rings. The molecule has 0 bridgehead atoms. The average molecular weight is 288 g/mol. The Morgan fingerprint density at radius 3 is 2.43 bits per heavy atom. The molecule has 1 saturated carbocycles. The lowest BCUT2D eigenvalue weighted by Crippen LogP contribution is -2.58. The molecular formula is C18H28N2O. The molecule has 0 spiro atoms. The first-order valence-corrected chi connectivity index (χ1v) is 8.34. The van der Waals surface area contributed by atoms with Gasteiger partial charge in [0.15, 0.2) is 0 Å². The molecule has 2 unspecified atom stereocenters. The highest BCUT2D eigenvalue weighted by atomic mass is 16.5. The van der Waals surface area contributed by atoms with Crippen LogP contribution in [0.15, 0.2) is 24.3 Å². The van der Waals surface area contributed by atoms with E-state index < -0.39 is 0 Å². The van der Waals surface area contributed by atoms with Gasteiger partial charge in [0.25, 0.3) is 0 Å². The maximum absolute atomic E-state index is 5.80. The highest BCUT2D eigenvalue weighted by Crippen LogP contribution is 2.44. The Labute approximate surface area is 128 Å². The van der Waals surface area contributed by atoms with Crippen molar-refractivity contribution in [1.29, 1.82) is 0 Å². The number of benzene rings is 1. The maximum atomic E-state index is 5.80. The molecule has 21 heavy (non-hydrogen) atoms. The van der Waals surface area contributed by atoms with Crippen molar-refractivity contribution in [2.24, 2.45) is 5.41 Å². The number of rotatable bonds is 5. The molecule has 3 nitrogen and oxygen atoms in total. The number of hydrogen-bond acceptors (Lipinski definition) is 3. The van der Waals surface area contributed by atoms with Gasteiger partial charge in [-0.2, -0.15) is 0 Å². The van der Waals surface area contributed by atoms with Crippen molar-refractivity contribution >= 4 is 11.4 Å². The predicted molar refractivity (Wildman–Crippen MR) is 89.1 cm³/mol. The van der Waals surface area contributed by atoms with E-state index in [1.165, 1.54) is 37.3 Å². The Morgan fingerprint density at radius 1 is 1.19 bits per heavy atom. The second kappa shape index (κ2) is 5.88. The molecule has 1 aromatic carbocycles. The fraction of sp³-hybridized carbons (Fsp3) is 0.667. The summed E-state index contributed by atoms with van der Waals surface area (Å²) in [5.74, 6) is 0. The van der Waals surface area contributed by atoms with Gasteiger partial charge < -0.3 is 15.0 Å². The Hall–Kier alpha value is -1.22.